The van der Waals surface area contributed by atoms with Gasteiger partial charge in [0.05, 0.1) is 5.36 Å². The molecule has 0 unspecified atom stereocenters. The summed E-state index contributed by atoms with van der Waals surface area (Å²) in [6.45, 7) is 0. The van der Waals surface area contributed by atoms with Crippen LogP contribution in [0, 0.1) is 0 Å². The number of hydrogen-bond donors (Lipinski definition) is 0. The first kappa shape index (κ1) is 7.55. The van der Waals surface area contributed by atoms with E-state index in [0.717, 1.165) is 15.5 Å². The molecule has 2 rings (SSSR count). The Balaban J connectivity index is 2.72. The lowest BCUT2D eigenvalue weighted by Gasteiger charge is -1.91. The highest BCUT2D eigenvalue weighted by Crippen LogP contribution is 2.09. The maximum atomic E-state index is 10.9. The number of rotatable bonds is 1. The van der Waals surface area contributed by atoms with Crippen LogP contribution in [0.1, 0.15) is 0 Å². The molecule has 1 aliphatic rings. The molecule has 1 aromatic carbocycles. The van der Waals surface area contributed by atoms with Gasteiger partial charge in [-0.1, -0.05) is 6.07 Å². The zero-order valence-corrected chi connectivity index (χ0v) is 7.39. The van der Waals surface area contributed by atoms with Gasteiger partial charge in [0.2, 0.25) is 0 Å². The highest BCUT2D eigenvalue weighted by molar-refractivity contribution is 7.98. The molecule has 0 bridgehead atoms. The molecule has 12 heavy (non-hydrogen) atoms. The molecule has 0 saturated heterocycles. The van der Waals surface area contributed by atoms with E-state index in [9.17, 15) is 4.79 Å². The molecule has 1 aliphatic heterocycles. The average Bonchev–Trinajstić information content (AvgIpc) is 2.43. The van der Waals surface area contributed by atoms with Gasteiger partial charge in [0.25, 0.3) is 5.91 Å². The van der Waals surface area contributed by atoms with Gasteiger partial charge in [-0.2, -0.15) is 0 Å². The van der Waals surface area contributed by atoms with Gasteiger partial charge in [-0.25, -0.2) is 4.99 Å². The molecule has 1 heterocycles. The zero-order valence-electron chi connectivity index (χ0n) is 6.57. The molecule has 0 fully saturated rings. The summed E-state index contributed by atoms with van der Waals surface area (Å²) in [6, 6.07) is 5.85. The van der Waals surface area contributed by atoms with Crippen LogP contribution in [0.3, 0.4) is 0 Å². The zero-order chi connectivity index (χ0) is 8.55. The van der Waals surface area contributed by atoms with Crippen LogP contribution in [-0.2, 0) is 4.79 Å². The Morgan fingerprint density at radius 1 is 1.42 bits per heavy atom. The van der Waals surface area contributed by atoms with E-state index in [4.69, 9.17) is 0 Å². The van der Waals surface area contributed by atoms with Crippen molar-refractivity contribution in [2.75, 3.05) is 6.26 Å². The van der Waals surface area contributed by atoms with Crippen molar-refractivity contribution in [3.8, 4) is 0 Å². The van der Waals surface area contributed by atoms with Gasteiger partial charge in [-0.3, -0.25) is 4.79 Å². The van der Waals surface area contributed by atoms with Gasteiger partial charge in [0.15, 0.2) is 0 Å². The molecule has 0 N–H and O–H groups in total. The molecule has 1 amide bonds. The Hall–Kier alpha value is -1.09. The van der Waals surface area contributed by atoms with E-state index >= 15 is 0 Å². The summed E-state index contributed by atoms with van der Waals surface area (Å²) in [5.74, 6) is -0.150. The maximum absolute atomic E-state index is 10.9. The Bertz CT molecular complexity index is 450. The van der Waals surface area contributed by atoms with Gasteiger partial charge in [-0.15, -0.1) is 11.8 Å². The van der Waals surface area contributed by atoms with E-state index in [1.165, 1.54) is 0 Å². The quantitative estimate of drug-likeness (QED) is 0.579. The maximum Gasteiger partial charge on any atom is 0.270 e. The van der Waals surface area contributed by atoms with E-state index in [1.54, 1.807) is 17.8 Å². The van der Waals surface area contributed by atoms with Gasteiger partial charge < -0.3 is 0 Å². The van der Waals surface area contributed by atoms with Crippen LogP contribution < -0.4 is 10.6 Å². The van der Waals surface area contributed by atoms with Crippen LogP contribution in [0.2, 0.25) is 0 Å². The lowest BCUT2D eigenvalue weighted by Crippen LogP contribution is -2.20. The normalized spacial score (nSPS) is 13.6. The molecule has 0 aromatic heterocycles. The van der Waals surface area contributed by atoms with Crippen LogP contribution in [0.15, 0.2) is 28.1 Å². The molecule has 0 aliphatic carbocycles. The van der Waals surface area contributed by atoms with E-state index in [1.807, 2.05) is 24.5 Å². The van der Waals surface area contributed by atoms with E-state index < -0.39 is 0 Å². The van der Waals surface area contributed by atoms with Crippen molar-refractivity contribution in [3.05, 3.63) is 28.8 Å². The molecule has 0 radical (unpaired) electrons. The summed E-state index contributed by atoms with van der Waals surface area (Å²) in [4.78, 5) is 15.9. The number of carbonyl (C=O) groups excluding carboxylic acids is 1. The first-order chi connectivity index (χ1) is 5.79. The standard InChI is InChI=1S/C9H7NOS/c1-12-7-3-2-6-4-9(11)10-8(6)5-7/h2-5H,1H3. The number of thioether (sulfide) groups is 1. The third-order valence-corrected chi connectivity index (χ3v) is 2.47. The van der Waals surface area contributed by atoms with Crippen LogP contribution >= 0.6 is 11.8 Å². The average molecular weight is 177 g/mol. The second-order valence-electron chi connectivity index (χ2n) is 2.52. The van der Waals surface area contributed by atoms with E-state index in [-0.39, 0.29) is 5.91 Å². The Morgan fingerprint density at radius 3 is 3.00 bits per heavy atom. The Labute approximate surface area is 74.0 Å². The Kier molecular flexibility index (Phi) is 1.73. The fraction of sp³-hybridized carbons (Fsp3) is 0.111. The van der Waals surface area contributed by atoms with Gasteiger partial charge in [0.1, 0.15) is 0 Å². The fourth-order valence-corrected chi connectivity index (χ4v) is 1.59. The highest BCUT2D eigenvalue weighted by atomic mass is 32.2. The smallest absolute Gasteiger partial charge is 0.267 e. The Morgan fingerprint density at radius 2 is 2.25 bits per heavy atom. The summed E-state index contributed by atoms with van der Waals surface area (Å²) < 4.78 is 0. The van der Waals surface area contributed by atoms with Crippen molar-refractivity contribution in [1.29, 1.82) is 0 Å². The largest absolute Gasteiger partial charge is 0.270 e. The van der Waals surface area contributed by atoms with Gasteiger partial charge in [-0.05, 0) is 18.4 Å². The van der Waals surface area contributed by atoms with Crippen LogP contribution in [0.5, 0.6) is 0 Å². The third kappa shape index (κ3) is 1.16. The number of amides is 1. The van der Waals surface area contributed by atoms with E-state index in [0.29, 0.717) is 0 Å². The number of benzene rings is 1. The predicted octanol–water partition coefficient (Wildman–Crippen LogP) is 0.349. The first-order valence-electron chi connectivity index (χ1n) is 3.58. The molecule has 0 atom stereocenters. The third-order valence-electron chi connectivity index (χ3n) is 1.75. The minimum Gasteiger partial charge on any atom is -0.267 e. The number of hydrogen-bond acceptors (Lipinski definition) is 2. The van der Waals surface area contributed by atoms with Crippen LogP contribution in [-0.4, -0.2) is 12.2 Å². The van der Waals surface area contributed by atoms with Crippen molar-refractivity contribution < 1.29 is 4.79 Å². The first-order valence-corrected chi connectivity index (χ1v) is 4.80. The van der Waals surface area contributed by atoms with Crippen molar-refractivity contribution in [1.82, 2.24) is 0 Å². The number of nitrogens with zero attached hydrogens (tertiary/aromatic N) is 1. The lowest BCUT2D eigenvalue weighted by atomic mass is 10.3. The second-order valence-corrected chi connectivity index (χ2v) is 3.40. The van der Waals surface area contributed by atoms with Crippen molar-refractivity contribution >= 4 is 23.7 Å². The van der Waals surface area contributed by atoms with Crippen molar-refractivity contribution in [2.45, 2.75) is 4.90 Å². The minimum atomic E-state index is -0.150. The summed E-state index contributed by atoms with van der Waals surface area (Å²) in [5, 5.41) is 1.73. The summed E-state index contributed by atoms with van der Waals surface area (Å²) in [5.41, 5.74) is 0. The fourth-order valence-electron chi connectivity index (χ4n) is 1.15. The van der Waals surface area contributed by atoms with Crippen LogP contribution in [0.25, 0.3) is 6.08 Å². The lowest BCUT2D eigenvalue weighted by molar-refractivity contribution is -0.112. The van der Waals surface area contributed by atoms with Crippen molar-refractivity contribution in [3.63, 3.8) is 0 Å². The highest BCUT2D eigenvalue weighted by Gasteiger charge is 2.02. The molecule has 60 valence electrons. The van der Waals surface area contributed by atoms with Gasteiger partial charge in [0, 0.05) is 16.2 Å². The molecule has 0 spiro atoms. The topological polar surface area (TPSA) is 29.4 Å². The molecule has 0 saturated carbocycles. The second kappa shape index (κ2) is 2.75. The van der Waals surface area contributed by atoms with Crippen LogP contribution in [0.4, 0.5) is 0 Å². The monoisotopic (exact) mass is 177 g/mol. The van der Waals surface area contributed by atoms with E-state index in [2.05, 4.69) is 4.99 Å². The molecule has 2 nitrogen and oxygen atoms in total. The predicted molar refractivity (Wildman–Crippen MR) is 48.5 cm³/mol. The number of fused-ring (bicyclic) bond motifs is 1. The number of carbonyl (C=O) groups is 1. The summed E-state index contributed by atoms with van der Waals surface area (Å²) >= 11 is 1.65. The molecule has 3 heteroatoms. The summed E-state index contributed by atoms with van der Waals surface area (Å²) in [6.07, 6.45) is 3.56. The minimum absolute atomic E-state index is 0.150. The molecule has 1 aromatic rings. The summed E-state index contributed by atoms with van der Waals surface area (Å²) in [7, 11) is 0. The van der Waals surface area contributed by atoms with Gasteiger partial charge >= 0.3 is 0 Å². The molecular formula is C9H7NOS. The van der Waals surface area contributed by atoms with Crippen molar-refractivity contribution in [2.24, 2.45) is 4.99 Å². The SMILES string of the molecule is CSc1ccc2c(c1)=NC(=O)C=2. The molecular weight excluding hydrogens is 170 g/mol.